The van der Waals surface area contributed by atoms with E-state index in [1.165, 1.54) is 57.2 Å². The fourth-order valence-electron chi connectivity index (χ4n) is 10.1. The molecule has 11 atom stereocenters. The minimum atomic E-state index is -2.54. The van der Waals surface area contributed by atoms with E-state index in [1.54, 1.807) is 6.08 Å². The molecule has 1 unspecified atom stereocenters. The molecular weight excluding hydrogens is 987 g/mol. The van der Waals surface area contributed by atoms with Crippen LogP contribution in [0.25, 0.3) is 10.8 Å². The van der Waals surface area contributed by atoms with E-state index in [9.17, 15) is 4.79 Å². The zero-order chi connectivity index (χ0) is 47.6. The standard InChI is InChI=1S/C44H48ClO10.3C4H9.Sn/c1-3-22-47-42-37(52-36-17-10-11-23-48-41(36)43(42)49-27-29-20-21-30-13-8-9-16-32(30)24-29)25-40(55-39(46)26-45)53-34-18-12-19-35-38(51-33(34)4-2)28-50-44(54-35)31-14-6-5-7-15-31;3*1-3-4-2;/h3-16,19-22,24,33-38,40-44H,1-2,17-18,23,25-28H2;3*1,3-4H2,2H3;/b19-12-,22-3+;;;;/t33-,34+,35-,36-,37+,38+,40?,41-,42+,43+,44+;;;;/m0..../s1. The number of allylic oxidation sites excluding steroid dienone is 1. The van der Waals surface area contributed by atoms with E-state index in [4.69, 9.17) is 54.2 Å². The second-order valence-corrected chi connectivity index (χ2v) is 33.1. The Morgan fingerprint density at radius 1 is 0.838 bits per heavy atom. The summed E-state index contributed by atoms with van der Waals surface area (Å²) in [6.45, 7) is 12.1. The van der Waals surface area contributed by atoms with Crippen molar-refractivity contribution in [2.24, 2.45) is 0 Å². The van der Waals surface area contributed by atoms with E-state index in [2.05, 4.69) is 82.0 Å². The maximum atomic E-state index is 13.2. The SMILES string of the molecule is C=C[C@@H]1O[C@@H]2CO[C@@H](c3ccccc3)O[C@H]2/C=C\C[C@H]1OC(C[C@H]1O[C@H]2CC=CCO[C@@H]2[C@@H](OCc2ccc3ccccc3c2)[C@@H]1O/C=C/[CH2][Sn]([CH2]CCC)([CH2]CCC)[CH2]CCC)OC(=O)CCl. The number of carbonyl (C=O) groups is 1. The molecule has 7 rings (SSSR count). The molecule has 4 aliphatic rings. The molecule has 68 heavy (non-hydrogen) atoms. The number of halogens is 1. The summed E-state index contributed by atoms with van der Waals surface area (Å²) >= 11 is 3.57. The fourth-order valence-corrected chi connectivity index (χ4v) is 25.2. The van der Waals surface area contributed by atoms with Crippen molar-refractivity contribution in [3.63, 3.8) is 0 Å². The fraction of sp³-hybridized carbons (Fsp3) is 0.554. The number of unbranched alkanes of at least 4 members (excludes halogenated alkanes) is 3. The van der Waals surface area contributed by atoms with Crippen LogP contribution in [0.15, 0.2) is 122 Å². The predicted octanol–water partition coefficient (Wildman–Crippen LogP) is 12.5. The van der Waals surface area contributed by atoms with E-state index in [-0.39, 0.29) is 24.5 Å². The van der Waals surface area contributed by atoms with E-state index >= 15 is 0 Å². The third-order valence-electron chi connectivity index (χ3n) is 13.9. The summed E-state index contributed by atoms with van der Waals surface area (Å²) in [7, 11) is 0. The van der Waals surface area contributed by atoms with E-state index in [0.717, 1.165) is 20.9 Å². The van der Waals surface area contributed by atoms with Crippen molar-refractivity contribution < 1.29 is 47.4 Å². The van der Waals surface area contributed by atoms with Crippen LogP contribution in [0.2, 0.25) is 17.7 Å². The number of rotatable bonds is 24. The summed E-state index contributed by atoms with van der Waals surface area (Å²) in [5, 5.41) is 2.32. The molecule has 0 N–H and O–H groups in total. The molecule has 0 amide bonds. The van der Waals surface area contributed by atoms with Crippen molar-refractivity contribution in [3.05, 3.63) is 133 Å². The quantitative estimate of drug-likeness (QED) is 0.0215. The number of fused-ring (bicyclic) bond motifs is 3. The summed E-state index contributed by atoms with van der Waals surface area (Å²) in [4.78, 5) is 13.2. The average Bonchev–Trinajstić information content (AvgIpc) is 3.61. The third kappa shape index (κ3) is 14.8. The van der Waals surface area contributed by atoms with Gasteiger partial charge >= 0.3 is 316 Å². The summed E-state index contributed by atoms with van der Waals surface area (Å²) in [5.41, 5.74) is 1.98. The van der Waals surface area contributed by atoms with Crippen molar-refractivity contribution in [2.75, 3.05) is 19.1 Å². The molecule has 0 aromatic heterocycles. The van der Waals surface area contributed by atoms with Gasteiger partial charge in [-0.15, -0.1) is 6.58 Å². The molecule has 4 heterocycles. The molecule has 10 nitrogen and oxygen atoms in total. The van der Waals surface area contributed by atoms with Gasteiger partial charge in [-0.3, -0.25) is 0 Å². The Kier molecular flexibility index (Phi) is 21.4. The number of alkyl halides is 1. The van der Waals surface area contributed by atoms with Crippen molar-refractivity contribution in [3.8, 4) is 0 Å². The number of ether oxygens (including phenoxy) is 9. The number of carbonyl (C=O) groups excluding carboxylic acids is 1. The molecule has 2 saturated heterocycles. The number of esters is 1. The summed E-state index contributed by atoms with van der Waals surface area (Å²) in [6, 6.07) is 24.6. The number of benzene rings is 3. The molecule has 12 heteroatoms. The number of hydrogen-bond acceptors (Lipinski definition) is 10. The summed E-state index contributed by atoms with van der Waals surface area (Å²) in [6.07, 6.45) is 16.7. The van der Waals surface area contributed by atoms with Crippen molar-refractivity contribution in [2.45, 2.75) is 170 Å². The molecule has 370 valence electrons. The average molecular weight is 1060 g/mol. The maximum absolute atomic E-state index is 13.2. The topological polar surface area (TPSA) is 100 Å². The van der Waals surface area contributed by atoms with Crippen molar-refractivity contribution >= 4 is 46.7 Å². The first-order valence-electron chi connectivity index (χ1n) is 25.3. The van der Waals surface area contributed by atoms with Gasteiger partial charge in [0.05, 0.1) is 6.61 Å². The molecule has 0 saturated carbocycles. The van der Waals surface area contributed by atoms with Crippen LogP contribution in [0.5, 0.6) is 0 Å². The van der Waals surface area contributed by atoms with Crippen LogP contribution in [0.3, 0.4) is 0 Å². The molecule has 3 aromatic carbocycles. The molecule has 3 aromatic rings. The van der Waals surface area contributed by atoms with Gasteiger partial charge < -0.3 is 9.47 Å². The first kappa shape index (κ1) is 52.8. The van der Waals surface area contributed by atoms with Gasteiger partial charge in [-0.2, -0.15) is 0 Å². The van der Waals surface area contributed by atoms with E-state index in [0.29, 0.717) is 32.7 Å². The van der Waals surface area contributed by atoms with Gasteiger partial charge in [0.15, 0.2) is 6.29 Å². The second kappa shape index (κ2) is 27.5. The van der Waals surface area contributed by atoms with Crippen LogP contribution in [-0.4, -0.2) is 105 Å². The van der Waals surface area contributed by atoms with E-state index < -0.39 is 79.7 Å². The van der Waals surface area contributed by atoms with Crippen LogP contribution < -0.4 is 0 Å². The van der Waals surface area contributed by atoms with Gasteiger partial charge in [-0.05, 0) is 0 Å². The van der Waals surface area contributed by atoms with Gasteiger partial charge in [0.2, 0.25) is 0 Å². The van der Waals surface area contributed by atoms with E-state index in [1.807, 2.05) is 54.8 Å². The summed E-state index contributed by atoms with van der Waals surface area (Å²) < 4.78 is 65.0. The Morgan fingerprint density at radius 2 is 1.59 bits per heavy atom. The first-order valence-corrected chi connectivity index (χ1v) is 34.0. The molecular formula is C56H75ClO10Sn. The minimum absolute atomic E-state index is 0.137. The zero-order valence-electron chi connectivity index (χ0n) is 40.5. The Morgan fingerprint density at radius 3 is 2.32 bits per heavy atom. The molecule has 0 spiro atoms. The van der Waals surface area contributed by atoms with Crippen LogP contribution in [0.4, 0.5) is 0 Å². The predicted molar refractivity (Wildman–Crippen MR) is 271 cm³/mol. The van der Waals surface area contributed by atoms with Gasteiger partial charge in [-0.1, -0.05) is 54.6 Å². The molecule has 0 bridgehead atoms. The van der Waals surface area contributed by atoms with Crippen molar-refractivity contribution in [1.82, 2.24) is 0 Å². The van der Waals surface area contributed by atoms with Crippen molar-refractivity contribution in [1.29, 1.82) is 0 Å². The first-order chi connectivity index (χ1) is 33.3. The Hall–Kier alpha value is -3.04. The monoisotopic (exact) mass is 1060 g/mol. The Bertz CT molecular complexity index is 2060. The number of hydrogen-bond donors (Lipinski definition) is 0. The zero-order valence-corrected chi connectivity index (χ0v) is 44.1. The van der Waals surface area contributed by atoms with Crippen LogP contribution in [0, 0.1) is 0 Å². The van der Waals surface area contributed by atoms with Gasteiger partial charge in [0.25, 0.3) is 0 Å². The summed E-state index contributed by atoms with van der Waals surface area (Å²) in [5.74, 6) is -0.954. The van der Waals surface area contributed by atoms with Crippen LogP contribution in [0.1, 0.15) is 96.0 Å². The van der Waals surface area contributed by atoms with Gasteiger partial charge in [-0.25, -0.2) is 0 Å². The molecule has 0 radical (unpaired) electrons. The Labute approximate surface area is 414 Å². The molecule has 0 aliphatic carbocycles. The second-order valence-electron chi connectivity index (χ2n) is 18.8. The van der Waals surface area contributed by atoms with Crippen LogP contribution >= 0.6 is 11.6 Å². The Balaban J connectivity index is 1.16. The third-order valence-corrected chi connectivity index (χ3v) is 29.3. The van der Waals surface area contributed by atoms with Gasteiger partial charge in [0, 0.05) is 5.56 Å². The molecule has 2 fully saturated rings. The van der Waals surface area contributed by atoms with Gasteiger partial charge in [0.1, 0.15) is 12.2 Å². The van der Waals surface area contributed by atoms with Crippen LogP contribution in [-0.2, 0) is 54.0 Å². The normalized spacial score (nSPS) is 28.4. The molecule has 4 aliphatic heterocycles.